The van der Waals surface area contributed by atoms with Gasteiger partial charge in [0.2, 0.25) is 0 Å². The van der Waals surface area contributed by atoms with Crippen molar-refractivity contribution in [3.63, 3.8) is 0 Å². The molecule has 5 heteroatoms. The quantitative estimate of drug-likeness (QED) is 0.604. The Morgan fingerprint density at radius 3 is 2.16 bits per heavy atom. The van der Waals surface area contributed by atoms with Crippen molar-refractivity contribution in [1.82, 2.24) is 10.6 Å². The van der Waals surface area contributed by atoms with E-state index in [4.69, 9.17) is 5.11 Å². The molecule has 0 aliphatic carbocycles. The minimum atomic E-state index is -0.982. The van der Waals surface area contributed by atoms with E-state index in [1.807, 2.05) is 13.8 Å². The molecule has 0 saturated carbocycles. The second kappa shape index (κ2) is 9.64. The van der Waals surface area contributed by atoms with Crippen LogP contribution in [-0.2, 0) is 4.79 Å². The fourth-order valence-electron chi connectivity index (χ4n) is 1.87. The molecule has 0 aromatic heterocycles. The molecule has 0 radical (unpaired) electrons. The summed E-state index contributed by atoms with van der Waals surface area (Å²) in [6, 6.07) is -1.12. The number of hydrogen-bond donors (Lipinski definition) is 3. The van der Waals surface area contributed by atoms with Crippen molar-refractivity contribution < 1.29 is 14.7 Å². The summed E-state index contributed by atoms with van der Waals surface area (Å²) in [6.45, 7) is 8.18. The monoisotopic (exact) mass is 272 g/mol. The maximum Gasteiger partial charge on any atom is 0.326 e. The van der Waals surface area contributed by atoms with Gasteiger partial charge in [-0.05, 0) is 25.7 Å². The van der Waals surface area contributed by atoms with Gasteiger partial charge in [-0.1, -0.05) is 40.0 Å². The molecule has 0 aromatic rings. The fourth-order valence-corrected chi connectivity index (χ4v) is 1.87. The van der Waals surface area contributed by atoms with Gasteiger partial charge in [0.25, 0.3) is 0 Å². The van der Waals surface area contributed by atoms with E-state index in [-0.39, 0.29) is 6.04 Å². The number of hydrogen-bond acceptors (Lipinski definition) is 2. The number of carboxylic acid groups (broad SMARTS) is 1. The largest absolute Gasteiger partial charge is 0.480 e. The first-order valence-corrected chi connectivity index (χ1v) is 7.16. The van der Waals surface area contributed by atoms with Crippen molar-refractivity contribution in [2.24, 2.45) is 5.92 Å². The third kappa shape index (κ3) is 9.33. The van der Waals surface area contributed by atoms with Crippen LogP contribution in [0, 0.1) is 5.92 Å². The van der Waals surface area contributed by atoms with E-state index in [9.17, 15) is 9.59 Å². The molecule has 0 spiro atoms. The Balaban J connectivity index is 3.97. The van der Waals surface area contributed by atoms with Crippen LogP contribution in [0.4, 0.5) is 4.79 Å². The van der Waals surface area contributed by atoms with Gasteiger partial charge in [-0.3, -0.25) is 0 Å². The highest BCUT2D eigenvalue weighted by Crippen LogP contribution is 2.08. The van der Waals surface area contributed by atoms with Crippen LogP contribution >= 0.6 is 0 Å². The van der Waals surface area contributed by atoms with Gasteiger partial charge in [0.05, 0.1) is 0 Å². The molecule has 0 fully saturated rings. The number of carbonyl (C=O) groups excluding carboxylic acids is 1. The summed E-state index contributed by atoms with van der Waals surface area (Å²) in [5, 5.41) is 14.2. The highest BCUT2D eigenvalue weighted by Gasteiger charge is 2.19. The Morgan fingerprint density at radius 1 is 1.05 bits per heavy atom. The molecule has 0 aromatic carbocycles. The van der Waals surface area contributed by atoms with Gasteiger partial charge in [0.1, 0.15) is 6.04 Å². The highest BCUT2D eigenvalue weighted by atomic mass is 16.4. The van der Waals surface area contributed by atoms with E-state index in [0.717, 1.165) is 25.7 Å². The topological polar surface area (TPSA) is 78.4 Å². The Morgan fingerprint density at radius 2 is 1.68 bits per heavy atom. The molecule has 2 unspecified atom stereocenters. The SMILES string of the molecule is CCCC(NC(=O)NC(C)CCCC(C)C)C(=O)O. The molecule has 2 amide bonds. The van der Waals surface area contributed by atoms with Crippen LogP contribution in [-0.4, -0.2) is 29.2 Å². The third-order valence-electron chi connectivity index (χ3n) is 2.98. The second-order valence-electron chi connectivity index (χ2n) is 5.52. The summed E-state index contributed by atoms with van der Waals surface area (Å²) in [7, 11) is 0. The van der Waals surface area contributed by atoms with Gasteiger partial charge in [-0.15, -0.1) is 0 Å². The second-order valence-corrected chi connectivity index (χ2v) is 5.52. The lowest BCUT2D eigenvalue weighted by atomic mass is 10.0. The number of urea groups is 1. The fraction of sp³-hybridized carbons (Fsp3) is 0.857. The minimum absolute atomic E-state index is 0.0646. The Labute approximate surface area is 116 Å². The van der Waals surface area contributed by atoms with Crippen molar-refractivity contribution in [3.8, 4) is 0 Å². The van der Waals surface area contributed by atoms with E-state index < -0.39 is 18.0 Å². The predicted octanol–water partition coefficient (Wildman–Crippen LogP) is 2.75. The maximum absolute atomic E-state index is 11.7. The number of amides is 2. The van der Waals surface area contributed by atoms with E-state index >= 15 is 0 Å². The van der Waals surface area contributed by atoms with Gasteiger partial charge in [-0.25, -0.2) is 9.59 Å². The average Bonchev–Trinajstić information content (AvgIpc) is 2.27. The zero-order valence-corrected chi connectivity index (χ0v) is 12.5. The van der Waals surface area contributed by atoms with Crippen molar-refractivity contribution in [1.29, 1.82) is 0 Å². The molecule has 0 heterocycles. The number of carbonyl (C=O) groups is 2. The summed E-state index contributed by atoms with van der Waals surface area (Å²) in [4.78, 5) is 22.6. The standard InChI is InChI=1S/C14H28N2O3/c1-5-7-12(13(17)18)16-14(19)15-11(4)9-6-8-10(2)3/h10-12H,5-9H2,1-4H3,(H,17,18)(H2,15,16,19). The first-order chi connectivity index (χ1) is 8.86. The molecule has 112 valence electrons. The van der Waals surface area contributed by atoms with Crippen molar-refractivity contribution in [3.05, 3.63) is 0 Å². The first kappa shape index (κ1) is 17.7. The molecule has 0 rings (SSSR count). The van der Waals surface area contributed by atoms with E-state index in [2.05, 4.69) is 24.5 Å². The van der Waals surface area contributed by atoms with Gasteiger partial charge < -0.3 is 15.7 Å². The van der Waals surface area contributed by atoms with Crippen molar-refractivity contribution in [2.45, 2.75) is 71.9 Å². The smallest absolute Gasteiger partial charge is 0.326 e. The molecule has 5 nitrogen and oxygen atoms in total. The highest BCUT2D eigenvalue weighted by molar-refractivity contribution is 5.82. The number of nitrogens with one attached hydrogen (secondary N) is 2. The maximum atomic E-state index is 11.7. The molecule has 2 atom stereocenters. The minimum Gasteiger partial charge on any atom is -0.480 e. The average molecular weight is 272 g/mol. The van der Waals surface area contributed by atoms with Crippen LogP contribution in [0.5, 0.6) is 0 Å². The number of carboxylic acids is 1. The Bertz CT molecular complexity index is 280. The molecule has 0 saturated heterocycles. The van der Waals surface area contributed by atoms with Crippen LogP contribution in [0.15, 0.2) is 0 Å². The van der Waals surface area contributed by atoms with Crippen molar-refractivity contribution in [2.75, 3.05) is 0 Å². The predicted molar refractivity (Wildman–Crippen MR) is 76.2 cm³/mol. The molecular formula is C14H28N2O3. The van der Waals surface area contributed by atoms with E-state index in [1.165, 1.54) is 0 Å². The summed E-state index contributed by atoms with van der Waals surface area (Å²) in [5.74, 6) is -0.313. The lowest BCUT2D eigenvalue weighted by molar-refractivity contribution is -0.139. The molecule has 19 heavy (non-hydrogen) atoms. The van der Waals surface area contributed by atoms with Crippen LogP contribution < -0.4 is 10.6 Å². The molecule has 0 aliphatic heterocycles. The van der Waals surface area contributed by atoms with Crippen LogP contribution in [0.3, 0.4) is 0 Å². The van der Waals surface area contributed by atoms with E-state index in [1.54, 1.807) is 0 Å². The summed E-state index contributed by atoms with van der Waals surface area (Å²) in [5.41, 5.74) is 0. The van der Waals surface area contributed by atoms with Gasteiger partial charge in [-0.2, -0.15) is 0 Å². The molecule has 3 N–H and O–H groups in total. The summed E-state index contributed by atoms with van der Waals surface area (Å²) < 4.78 is 0. The zero-order chi connectivity index (χ0) is 14.8. The van der Waals surface area contributed by atoms with Crippen molar-refractivity contribution >= 4 is 12.0 Å². The van der Waals surface area contributed by atoms with Gasteiger partial charge in [0, 0.05) is 6.04 Å². The Hall–Kier alpha value is -1.26. The first-order valence-electron chi connectivity index (χ1n) is 7.16. The van der Waals surface area contributed by atoms with Crippen LogP contribution in [0.2, 0.25) is 0 Å². The van der Waals surface area contributed by atoms with Gasteiger partial charge in [0.15, 0.2) is 0 Å². The summed E-state index contributed by atoms with van der Waals surface area (Å²) in [6.07, 6.45) is 4.29. The lowest BCUT2D eigenvalue weighted by Gasteiger charge is -2.18. The third-order valence-corrected chi connectivity index (χ3v) is 2.98. The lowest BCUT2D eigenvalue weighted by Crippen LogP contribution is -2.48. The van der Waals surface area contributed by atoms with E-state index in [0.29, 0.717) is 12.3 Å². The van der Waals surface area contributed by atoms with Crippen LogP contribution in [0.25, 0.3) is 0 Å². The number of rotatable bonds is 9. The molecular weight excluding hydrogens is 244 g/mol. The summed E-state index contributed by atoms with van der Waals surface area (Å²) >= 11 is 0. The van der Waals surface area contributed by atoms with Crippen LogP contribution in [0.1, 0.15) is 59.8 Å². The zero-order valence-electron chi connectivity index (χ0n) is 12.5. The molecule has 0 aliphatic rings. The van der Waals surface area contributed by atoms with Gasteiger partial charge >= 0.3 is 12.0 Å². The normalized spacial score (nSPS) is 13.9. The Kier molecular flexibility index (Phi) is 9.00. The molecule has 0 bridgehead atoms. The number of aliphatic carboxylic acids is 1.